The number of nitrogens with zero attached hydrogens (tertiary/aromatic N) is 4. The highest BCUT2D eigenvalue weighted by Crippen LogP contribution is 2.19. The minimum Gasteiger partial charge on any atom is -0.508 e. The first-order valence-electron chi connectivity index (χ1n) is 6.36. The van der Waals surface area contributed by atoms with Crippen LogP contribution in [0.1, 0.15) is 17.5 Å². The van der Waals surface area contributed by atoms with Gasteiger partial charge in [0.2, 0.25) is 11.7 Å². The Labute approximate surface area is 120 Å². The van der Waals surface area contributed by atoms with Gasteiger partial charge in [0.15, 0.2) is 0 Å². The molecule has 3 aromatic rings. The molecule has 3 N–H and O–H groups in total. The minimum atomic E-state index is -0.424. The molecule has 0 aliphatic carbocycles. The van der Waals surface area contributed by atoms with Crippen molar-refractivity contribution in [3.8, 4) is 17.3 Å². The van der Waals surface area contributed by atoms with Crippen LogP contribution in [0.3, 0.4) is 0 Å². The Morgan fingerprint density at radius 3 is 2.71 bits per heavy atom. The van der Waals surface area contributed by atoms with Crippen molar-refractivity contribution in [3.63, 3.8) is 0 Å². The van der Waals surface area contributed by atoms with Crippen LogP contribution in [-0.2, 0) is 6.42 Å². The van der Waals surface area contributed by atoms with E-state index in [0.717, 1.165) is 5.56 Å². The predicted octanol–water partition coefficient (Wildman–Crippen LogP) is 1.47. The fraction of sp³-hybridized carbons (Fsp3) is 0.143. The quantitative estimate of drug-likeness (QED) is 0.745. The average Bonchev–Trinajstić information content (AvgIpc) is 3.00. The maximum Gasteiger partial charge on any atom is 0.244 e. The summed E-state index contributed by atoms with van der Waals surface area (Å²) in [4.78, 5) is 12.3. The third-order valence-electron chi connectivity index (χ3n) is 2.94. The summed E-state index contributed by atoms with van der Waals surface area (Å²) in [6.45, 7) is 0. The van der Waals surface area contributed by atoms with E-state index in [1.165, 1.54) is 0 Å². The van der Waals surface area contributed by atoms with E-state index in [2.05, 4.69) is 20.1 Å². The van der Waals surface area contributed by atoms with E-state index in [-0.39, 0.29) is 5.75 Å². The van der Waals surface area contributed by atoms with Gasteiger partial charge in [0.25, 0.3) is 0 Å². The highest BCUT2D eigenvalue weighted by Gasteiger charge is 2.16. The van der Waals surface area contributed by atoms with Crippen molar-refractivity contribution in [1.29, 1.82) is 0 Å². The summed E-state index contributed by atoms with van der Waals surface area (Å²) >= 11 is 0. The van der Waals surface area contributed by atoms with Gasteiger partial charge in [0, 0.05) is 12.4 Å². The lowest BCUT2D eigenvalue weighted by atomic mass is 10.1. The molecule has 0 saturated carbocycles. The molecule has 0 fully saturated rings. The largest absolute Gasteiger partial charge is 0.508 e. The smallest absolute Gasteiger partial charge is 0.244 e. The van der Waals surface area contributed by atoms with Crippen LogP contribution in [0.25, 0.3) is 11.5 Å². The Bertz CT molecular complexity index is 712. The monoisotopic (exact) mass is 283 g/mol. The third kappa shape index (κ3) is 3.03. The lowest BCUT2D eigenvalue weighted by molar-refractivity contribution is 0.354. The molecule has 21 heavy (non-hydrogen) atoms. The van der Waals surface area contributed by atoms with Crippen LogP contribution in [0.15, 0.2) is 47.4 Å². The summed E-state index contributed by atoms with van der Waals surface area (Å²) in [5.74, 6) is 0.915. The molecule has 0 aliphatic heterocycles. The summed E-state index contributed by atoms with van der Waals surface area (Å²) in [5.41, 5.74) is 7.57. The number of phenols is 1. The van der Waals surface area contributed by atoms with Gasteiger partial charge in [0.05, 0.1) is 12.2 Å². The molecule has 0 aliphatic rings. The van der Waals surface area contributed by atoms with Crippen LogP contribution in [0, 0.1) is 0 Å². The molecule has 7 heteroatoms. The van der Waals surface area contributed by atoms with E-state index in [0.29, 0.717) is 23.8 Å². The fourth-order valence-electron chi connectivity index (χ4n) is 1.88. The standard InChI is InChI=1S/C14H13N5O2/c15-11(7-9-1-3-10(20)4-2-9)14-18-13(19-21-14)12-8-16-5-6-17-12/h1-6,8,11,20H,7,15H2/t11-/m0/s1. The SMILES string of the molecule is N[C@@H](Cc1ccc(O)cc1)c1nc(-c2cnccn2)no1. The molecule has 0 bridgehead atoms. The zero-order valence-electron chi connectivity index (χ0n) is 11.0. The third-order valence-corrected chi connectivity index (χ3v) is 2.94. The first-order chi connectivity index (χ1) is 10.2. The van der Waals surface area contributed by atoms with E-state index < -0.39 is 6.04 Å². The maximum absolute atomic E-state index is 9.25. The van der Waals surface area contributed by atoms with Crippen molar-refractivity contribution >= 4 is 0 Å². The molecule has 0 saturated heterocycles. The van der Waals surface area contributed by atoms with Crippen molar-refractivity contribution in [2.75, 3.05) is 0 Å². The number of nitrogens with two attached hydrogens (primary N) is 1. The molecule has 0 amide bonds. The van der Waals surface area contributed by atoms with Crippen LogP contribution in [0.4, 0.5) is 0 Å². The molecule has 1 aromatic carbocycles. The molecular weight excluding hydrogens is 270 g/mol. The molecule has 0 unspecified atom stereocenters. The Kier molecular flexibility index (Phi) is 3.57. The van der Waals surface area contributed by atoms with Gasteiger partial charge in [0.1, 0.15) is 11.4 Å². The van der Waals surface area contributed by atoms with Crippen LogP contribution >= 0.6 is 0 Å². The van der Waals surface area contributed by atoms with Gasteiger partial charge in [-0.1, -0.05) is 17.3 Å². The van der Waals surface area contributed by atoms with E-state index in [9.17, 15) is 5.11 Å². The van der Waals surface area contributed by atoms with E-state index in [1.807, 2.05) is 0 Å². The van der Waals surface area contributed by atoms with Gasteiger partial charge >= 0.3 is 0 Å². The highest BCUT2D eigenvalue weighted by molar-refractivity contribution is 5.45. The zero-order valence-corrected chi connectivity index (χ0v) is 11.0. The van der Waals surface area contributed by atoms with E-state index >= 15 is 0 Å². The highest BCUT2D eigenvalue weighted by atomic mass is 16.5. The zero-order chi connectivity index (χ0) is 14.7. The number of phenolic OH excluding ortho intramolecular Hbond substituents is 1. The minimum absolute atomic E-state index is 0.218. The van der Waals surface area contributed by atoms with Crippen molar-refractivity contribution in [2.24, 2.45) is 5.73 Å². The van der Waals surface area contributed by atoms with Crippen LogP contribution < -0.4 is 5.73 Å². The molecule has 0 radical (unpaired) electrons. The first-order valence-corrected chi connectivity index (χ1v) is 6.36. The first kappa shape index (κ1) is 13.2. The number of hydrogen-bond donors (Lipinski definition) is 2. The second kappa shape index (κ2) is 5.68. The van der Waals surface area contributed by atoms with Crippen LogP contribution in [0.5, 0.6) is 5.75 Å². The van der Waals surface area contributed by atoms with E-state index in [4.69, 9.17) is 10.3 Å². The van der Waals surface area contributed by atoms with Crippen molar-refractivity contribution < 1.29 is 9.63 Å². The lowest BCUT2D eigenvalue weighted by Crippen LogP contribution is -2.13. The summed E-state index contributed by atoms with van der Waals surface area (Å²) < 4.78 is 5.17. The van der Waals surface area contributed by atoms with Gasteiger partial charge in [-0.3, -0.25) is 4.98 Å². The van der Waals surface area contributed by atoms with Crippen molar-refractivity contribution in [2.45, 2.75) is 12.5 Å². The average molecular weight is 283 g/mol. The Morgan fingerprint density at radius 1 is 1.19 bits per heavy atom. The molecule has 7 nitrogen and oxygen atoms in total. The molecule has 106 valence electrons. The molecule has 1 atom stereocenters. The van der Waals surface area contributed by atoms with Crippen molar-refractivity contribution in [1.82, 2.24) is 20.1 Å². The van der Waals surface area contributed by atoms with Crippen LogP contribution in [0.2, 0.25) is 0 Å². The topological polar surface area (TPSA) is 111 Å². The Balaban J connectivity index is 1.75. The molecule has 0 spiro atoms. The van der Waals surface area contributed by atoms with Crippen molar-refractivity contribution in [3.05, 3.63) is 54.3 Å². The molecule has 2 heterocycles. The van der Waals surface area contributed by atoms with E-state index in [1.54, 1.807) is 42.9 Å². The van der Waals surface area contributed by atoms with Gasteiger partial charge in [-0.2, -0.15) is 4.98 Å². The number of rotatable bonds is 4. The van der Waals surface area contributed by atoms with Gasteiger partial charge < -0.3 is 15.4 Å². The normalized spacial score (nSPS) is 12.2. The summed E-state index contributed by atoms with van der Waals surface area (Å²) in [5, 5.41) is 13.1. The van der Waals surface area contributed by atoms with Gasteiger partial charge in [-0.15, -0.1) is 0 Å². The van der Waals surface area contributed by atoms with Crippen LogP contribution in [-0.4, -0.2) is 25.2 Å². The molecule has 3 rings (SSSR count). The lowest BCUT2D eigenvalue weighted by Gasteiger charge is -2.06. The Hall–Kier alpha value is -2.80. The summed E-state index contributed by atoms with van der Waals surface area (Å²) in [6.07, 6.45) is 5.21. The fourth-order valence-corrected chi connectivity index (χ4v) is 1.88. The second-order valence-electron chi connectivity index (χ2n) is 4.52. The molecule has 2 aromatic heterocycles. The second-order valence-corrected chi connectivity index (χ2v) is 4.52. The number of hydrogen-bond acceptors (Lipinski definition) is 7. The summed E-state index contributed by atoms with van der Waals surface area (Å²) in [6, 6.07) is 6.40. The number of aromatic hydroxyl groups is 1. The maximum atomic E-state index is 9.25. The Morgan fingerprint density at radius 2 is 2.00 bits per heavy atom. The van der Waals surface area contributed by atoms with Gasteiger partial charge in [-0.05, 0) is 24.1 Å². The predicted molar refractivity (Wildman–Crippen MR) is 74.1 cm³/mol. The number of benzene rings is 1. The molecular formula is C14H13N5O2. The summed E-state index contributed by atoms with van der Waals surface area (Å²) in [7, 11) is 0. The number of aromatic nitrogens is 4. The van der Waals surface area contributed by atoms with Gasteiger partial charge in [-0.25, -0.2) is 4.98 Å².